The maximum absolute atomic E-state index is 13.6. The quantitative estimate of drug-likeness (QED) is 0.373. The molecule has 0 spiro atoms. The molecule has 2 aromatic rings. The number of nitrogens with zero attached hydrogens (tertiary/aromatic N) is 4. The fourth-order valence-electron chi connectivity index (χ4n) is 4.77. The van der Waals surface area contributed by atoms with Crippen LogP contribution < -0.4 is 10.5 Å². The van der Waals surface area contributed by atoms with E-state index in [0.717, 1.165) is 25.7 Å². The molecule has 188 valence electrons. The van der Waals surface area contributed by atoms with Crippen molar-refractivity contribution in [1.82, 2.24) is 14.3 Å². The van der Waals surface area contributed by atoms with Crippen LogP contribution in [0.4, 0.5) is 5.82 Å². The lowest BCUT2D eigenvalue weighted by Crippen LogP contribution is -2.46. The Kier molecular flexibility index (Phi) is 8.29. The number of pyridine rings is 1. The number of morpholine rings is 1. The van der Waals surface area contributed by atoms with Gasteiger partial charge in [0.25, 0.3) is 11.5 Å². The fraction of sp³-hybridized carbons (Fsp3) is 0.538. The second-order valence-corrected chi connectivity index (χ2v) is 11.1. The monoisotopic (exact) mass is 514 g/mol. The Morgan fingerprint density at radius 1 is 1.23 bits per heavy atom. The van der Waals surface area contributed by atoms with E-state index in [0.29, 0.717) is 51.8 Å². The predicted octanol–water partition coefficient (Wildman–Crippen LogP) is 4.73. The predicted molar refractivity (Wildman–Crippen MR) is 147 cm³/mol. The Bertz CT molecular complexity index is 1180. The third-order valence-electron chi connectivity index (χ3n) is 6.60. The van der Waals surface area contributed by atoms with Crippen molar-refractivity contribution in [1.29, 1.82) is 0 Å². The minimum atomic E-state index is -0.197. The second kappa shape index (κ2) is 11.2. The molecule has 7 nitrogen and oxygen atoms in total. The molecule has 2 saturated heterocycles. The topological polar surface area (TPSA) is 67.2 Å². The zero-order valence-electron chi connectivity index (χ0n) is 20.9. The lowest BCUT2D eigenvalue weighted by molar-refractivity contribution is -0.122. The summed E-state index contributed by atoms with van der Waals surface area (Å²) >= 11 is 6.86. The molecule has 3 unspecified atom stereocenters. The van der Waals surface area contributed by atoms with Crippen molar-refractivity contribution in [3.63, 3.8) is 0 Å². The molecule has 2 fully saturated rings. The first-order chi connectivity index (χ1) is 16.8. The number of ether oxygens (including phenoxy) is 1. The summed E-state index contributed by atoms with van der Waals surface area (Å²) in [5.41, 5.74) is 0.788. The molecular weight excluding hydrogens is 480 g/mol. The smallest absolute Gasteiger partial charge is 0.267 e. The van der Waals surface area contributed by atoms with Gasteiger partial charge in [-0.15, -0.1) is 0 Å². The molecule has 4 rings (SSSR count). The lowest BCUT2D eigenvalue weighted by atomic mass is 9.99. The molecular formula is C26H34N4O3S2. The van der Waals surface area contributed by atoms with E-state index >= 15 is 0 Å². The number of carbonyl (C=O) groups excluding carboxylic acids is 1. The van der Waals surface area contributed by atoms with E-state index in [1.807, 2.05) is 26.0 Å². The zero-order chi connectivity index (χ0) is 25.1. The van der Waals surface area contributed by atoms with Crippen LogP contribution in [0.25, 0.3) is 11.7 Å². The first-order valence-electron chi connectivity index (χ1n) is 12.5. The number of thiocarbonyl (C=S) groups is 1. The molecule has 0 bridgehead atoms. The van der Waals surface area contributed by atoms with E-state index in [2.05, 4.69) is 18.7 Å². The molecule has 0 aliphatic carbocycles. The van der Waals surface area contributed by atoms with Gasteiger partial charge in [-0.3, -0.25) is 18.9 Å². The molecule has 2 aliphatic rings. The van der Waals surface area contributed by atoms with Gasteiger partial charge in [0, 0.05) is 25.8 Å². The number of amides is 1. The van der Waals surface area contributed by atoms with Crippen LogP contribution in [0.3, 0.4) is 0 Å². The van der Waals surface area contributed by atoms with Crippen molar-refractivity contribution in [3.8, 4) is 0 Å². The molecule has 0 radical (unpaired) electrons. The van der Waals surface area contributed by atoms with Crippen LogP contribution in [0, 0.1) is 5.92 Å². The van der Waals surface area contributed by atoms with E-state index in [4.69, 9.17) is 21.9 Å². The number of anilines is 1. The third kappa shape index (κ3) is 5.62. The number of hydrogen-bond donors (Lipinski definition) is 0. The number of fused-ring (bicyclic) bond motifs is 1. The summed E-state index contributed by atoms with van der Waals surface area (Å²) in [6, 6.07) is 5.49. The Morgan fingerprint density at radius 2 is 1.97 bits per heavy atom. The van der Waals surface area contributed by atoms with Crippen LogP contribution in [0.2, 0.25) is 0 Å². The number of carbonyl (C=O) groups is 1. The van der Waals surface area contributed by atoms with Crippen LogP contribution in [0.15, 0.2) is 34.1 Å². The van der Waals surface area contributed by atoms with E-state index < -0.39 is 0 Å². The van der Waals surface area contributed by atoms with Crippen molar-refractivity contribution >= 4 is 51.7 Å². The minimum absolute atomic E-state index is 0.00920. The van der Waals surface area contributed by atoms with Crippen molar-refractivity contribution in [2.45, 2.75) is 65.6 Å². The highest BCUT2D eigenvalue weighted by Crippen LogP contribution is 2.35. The van der Waals surface area contributed by atoms with Crippen molar-refractivity contribution < 1.29 is 9.53 Å². The van der Waals surface area contributed by atoms with E-state index in [1.54, 1.807) is 23.2 Å². The minimum Gasteiger partial charge on any atom is -0.372 e. The molecule has 4 heterocycles. The number of rotatable bonds is 8. The third-order valence-corrected chi connectivity index (χ3v) is 7.98. The van der Waals surface area contributed by atoms with Crippen LogP contribution in [-0.2, 0) is 9.53 Å². The maximum Gasteiger partial charge on any atom is 0.267 e. The normalized spacial score (nSPS) is 23.0. The van der Waals surface area contributed by atoms with Crippen LogP contribution in [-0.4, -0.2) is 56.4 Å². The van der Waals surface area contributed by atoms with Gasteiger partial charge < -0.3 is 9.64 Å². The Labute approximate surface area is 216 Å². The molecule has 9 heteroatoms. The standard InChI is InChI=1S/C26H34N4O3S2/c1-5-7-10-19(6-2)16-30-25(32)21(35-26(30)34)13-20-23(28-14-17(3)33-18(4)15-28)27-22-11-8-9-12-29(22)24(20)31/h8-9,11-13,17-19H,5-7,10,14-16H2,1-4H3. The van der Waals surface area contributed by atoms with Crippen molar-refractivity contribution in [3.05, 3.63) is 45.2 Å². The summed E-state index contributed by atoms with van der Waals surface area (Å²) in [4.78, 5) is 36.1. The van der Waals surface area contributed by atoms with Gasteiger partial charge in [0.05, 0.1) is 22.7 Å². The van der Waals surface area contributed by atoms with Crippen LogP contribution in [0.5, 0.6) is 0 Å². The zero-order valence-corrected chi connectivity index (χ0v) is 22.5. The average Bonchev–Trinajstić information content (AvgIpc) is 3.09. The van der Waals surface area contributed by atoms with Gasteiger partial charge in [-0.2, -0.15) is 0 Å². The van der Waals surface area contributed by atoms with Gasteiger partial charge in [0.15, 0.2) is 0 Å². The Morgan fingerprint density at radius 3 is 2.66 bits per heavy atom. The fourth-order valence-corrected chi connectivity index (χ4v) is 6.03. The van der Waals surface area contributed by atoms with Gasteiger partial charge in [0.1, 0.15) is 15.8 Å². The molecule has 0 saturated carbocycles. The van der Waals surface area contributed by atoms with Gasteiger partial charge in [0.2, 0.25) is 0 Å². The molecule has 3 atom stereocenters. The average molecular weight is 515 g/mol. The van der Waals surface area contributed by atoms with E-state index in [9.17, 15) is 9.59 Å². The summed E-state index contributed by atoms with van der Waals surface area (Å²) in [5, 5.41) is 0. The van der Waals surface area contributed by atoms with Crippen LogP contribution in [0.1, 0.15) is 58.9 Å². The SMILES string of the molecule is CCCCC(CC)CN1C(=O)C(=Cc2c(N3CC(C)OC(C)C3)nc3ccccn3c2=O)SC1=S. The summed E-state index contributed by atoms with van der Waals surface area (Å²) in [6.07, 6.45) is 7.78. The molecule has 0 aromatic carbocycles. The first-order valence-corrected chi connectivity index (χ1v) is 13.7. The van der Waals surface area contributed by atoms with E-state index in [-0.39, 0.29) is 23.7 Å². The van der Waals surface area contributed by atoms with Crippen LogP contribution >= 0.6 is 24.0 Å². The van der Waals surface area contributed by atoms with Crippen molar-refractivity contribution in [2.75, 3.05) is 24.5 Å². The highest BCUT2D eigenvalue weighted by molar-refractivity contribution is 8.26. The largest absolute Gasteiger partial charge is 0.372 e. The van der Waals surface area contributed by atoms with Gasteiger partial charge >= 0.3 is 0 Å². The molecule has 2 aromatic heterocycles. The number of thioether (sulfide) groups is 1. The summed E-state index contributed by atoms with van der Waals surface area (Å²) in [7, 11) is 0. The Hall–Kier alpha value is -2.23. The molecule has 1 amide bonds. The summed E-state index contributed by atoms with van der Waals surface area (Å²) < 4.78 is 7.98. The van der Waals surface area contributed by atoms with E-state index in [1.165, 1.54) is 16.2 Å². The van der Waals surface area contributed by atoms with Crippen molar-refractivity contribution in [2.24, 2.45) is 5.92 Å². The molecule has 2 aliphatic heterocycles. The first kappa shape index (κ1) is 25.9. The Balaban J connectivity index is 1.73. The van der Waals surface area contributed by atoms with Gasteiger partial charge in [-0.25, -0.2) is 4.98 Å². The summed E-state index contributed by atoms with van der Waals surface area (Å²) in [6.45, 7) is 10.2. The molecule has 35 heavy (non-hydrogen) atoms. The lowest BCUT2D eigenvalue weighted by Gasteiger charge is -2.36. The molecule has 0 N–H and O–H groups in total. The summed E-state index contributed by atoms with van der Waals surface area (Å²) in [5.74, 6) is 0.877. The highest BCUT2D eigenvalue weighted by atomic mass is 32.2. The highest BCUT2D eigenvalue weighted by Gasteiger charge is 2.34. The number of aromatic nitrogens is 2. The maximum atomic E-state index is 13.6. The van der Waals surface area contributed by atoms with Gasteiger partial charge in [-0.1, -0.05) is 63.2 Å². The van der Waals surface area contributed by atoms with Gasteiger partial charge in [-0.05, 0) is 44.4 Å². The number of hydrogen-bond acceptors (Lipinski definition) is 7. The second-order valence-electron chi connectivity index (χ2n) is 9.45. The number of unbranched alkanes of at least 4 members (excludes halogenated alkanes) is 1.